The second-order valence-corrected chi connectivity index (χ2v) is 12.3. The van der Waals surface area contributed by atoms with Crippen LogP contribution in [-0.4, -0.2) is 51.4 Å². The van der Waals surface area contributed by atoms with E-state index in [1.54, 1.807) is 32.2 Å². The van der Waals surface area contributed by atoms with Crippen molar-refractivity contribution in [3.8, 4) is 5.75 Å². The summed E-state index contributed by atoms with van der Waals surface area (Å²) in [6.07, 6.45) is 5.99. The number of aromatic nitrogens is 1. The van der Waals surface area contributed by atoms with E-state index >= 15 is 0 Å². The SMILES string of the molecule is CC(C)(O)c1ccc2c(c1)/C(=C/CCN1CCC(C)(CO)C(O)(c3ccc(Cl)cc3)CC1)c1cccnc1CO2. The Hall–Kier alpha value is -2.74. The normalized spacial score (nSPS) is 24.5. The standard InChI is InChI=1S/C33H39ClN2O4/c1-31(2,38)24-10-13-30-28(20-24)26(27-6-4-16-35-29(27)21-40-30)7-5-17-36-18-14-32(3,22-37)33(39,15-19-36)23-8-11-25(34)12-9-23/h4,6-13,16,20,37-39H,5,14-15,17-19,21-22H2,1-3H3/b26-7+. The third-order valence-corrected chi connectivity index (χ3v) is 9.01. The fourth-order valence-electron chi connectivity index (χ4n) is 5.94. The summed E-state index contributed by atoms with van der Waals surface area (Å²) in [5, 5.41) is 33.7. The van der Waals surface area contributed by atoms with Gasteiger partial charge in [0.25, 0.3) is 0 Å². The minimum absolute atomic E-state index is 0.103. The van der Waals surface area contributed by atoms with Gasteiger partial charge in [-0.05, 0) is 86.7 Å². The van der Waals surface area contributed by atoms with Crippen molar-refractivity contribution in [3.63, 3.8) is 0 Å². The quantitative estimate of drug-likeness (QED) is 0.359. The van der Waals surface area contributed by atoms with Gasteiger partial charge in [0.1, 0.15) is 12.4 Å². The molecule has 212 valence electrons. The number of hydrogen-bond donors (Lipinski definition) is 3. The van der Waals surface area contributed by atoms with Gasteiger partial charge >= 0.3 is 0 Å². The second-order valence-electron chi connectivity index (χ2n) is 11.9. The molecule has 0 amide bonds. The number of nitrogens with zero attached hydrogens (tertiary/aromatic N) is 2. The molecule has 2 aliphatic rings. The van der Waals surface area contributed by atoms with Crippen molar-refractivity contribution in [2.45, 2.75) is 57.8 Å². The summed E-state index contributed by atoms with van der Waals surface area (Å²) in [6, 6.07) is 17.2. The van der Waals surface area contributed by atoms with Crippen LogP contribution < -0.4 is 4.74 Å². The van der Waals surface area contributed by atoms with E-state index in [0.717, 1.165) is 58.8 Å². The Morgan fingerprint density at radius 2 is 1.82 bits per heavy atom. The molecule has 2 unspecified atom stereocenters. The van der Waals surface area contributed by atoms with Gasteiger partial charge in [0.2, 0.25) is 0 Å². The van der Waals surface area contributed by atoms with Gasteiger partial charge in [-0.25, -0.2) is 0 Å². The lowest BCUT2D eigenvalue weighted by Crippen LogP contribution is -2.46. The van der Waals surface area contributed by atoms with Crippen LogP contribution in [0.5, 0.6) is 5.75 Å². The molecule has 3 aromatic rings. The van der Waals surface area contributed by atoms with Crippen LogP contribution in [0, 0.1) is 5.41 Å². The van der Waals surface area contributed by atoms with Crippen LogP contribution in [-0.2, 0) is 17.8 Å². The van der Waals surface area contributed by atoms with Crippen molar-refractivity contribution >= 4 is 17.2 Å². The smallest absolute Gasteiger partial charge is 0.131 e. The molecule has 3 heterocycles. The Kier molecular flexibility index (Phi) is 8.10. The molecule has 0 radical (unpaired) electrons. The number of rotatable bonds is 6. The second kappa shape index (κ2) is 11.3. The van der Waals surface area contributed by atoms with Crippen LogP contribution in [0.1, 0.15) is 68.0 Å². The van der Waals surface area contributed by atoms with Crippen molar-refractivity contribution in [1.82, 2.24) is 9.88 Å². The van der Waals surface area contributed by atoms with E-state index in [4.69, 9.17) is 16.3 Å². The molecular weight excluding hydrogens is 524 g/mol. The zero-order chi connectivity index (χ0) is 28.5. The Bertz CT molecular complexity index is 1380. The predicted molar refractivity (Wildman–Crippen MR) is 158 cm³/mol. The van der Waals surface area contributed by atoms with E-state index in [1.165, 1.54) is 0 Å². The van der Waals surface area contributed by atoms with Crippen LogP contribution in [0.4, 0.5) is 0 Å². The lowest BCUT2D eigenvalue weighted by molar-refractivity contribution is -0.109. The molecule has 40 heavy (non-hydrogen) atoms. The minimum atomic E-state index is -1.16. The van der Waals surface area contributed by atoms with Gasteiger partial charge in [-0.15, -0.1) is 0 Å². The third-order valence-electron chi connectivity index (χ3n) is 8.75. The zero-order valence-electron chi connectivity index (χ0n) is 23.5. The third kappa shape index (κ3) is 5.56. The van der Waals surface area contributed by atoms with Crippen molar-refractivity contribution < 1.29 is 20.1 Å². The molecule has 2 aromatic carbocycles. The number of aliphatic hydroxyl groups excluding tert-OH is 1. The molecule has 7 heteroatoms. The van der Waals surface area contributed by atoms with E-state index in [-0.39, 0.29) is 6.61 Å². The van der Waals surface area contributed by atoms with Crippen LogP contribution in [0.25, 0.3) is 5.57 Å². The van der Waals surface area contributed by atoms with Crippen LogP contribution >= 0.6 is 11.6 Å². The average molecular weight is 563 g/mol. The highest BCUT2D eigenvalue weighted by Gasteiger charge is 2.49. The Labute approximate surface area is 241 Å². The van der Waals surface area contributed by atoms with Crippen molar-refractivity contribution in [1.29, 1.82) is 0 Å². The number of benzene rings is 2. The highest BCUT2D eigenvalue weighted by atomic mass is 35.5. The number of fused-ring (bicyclic) bond motifs is 2. The molecule has 5 rings (SSSR count). The monoisotopic (exact) mass is 562 g/mol. The molecule has 2 aliphatic heterocycles. The highest BCUT2D eigenvalue weighted by Crippen LogP contribution is 2.47. The fourth-order valence-corrected chi connectivity index (χ4v) is 6.07. The summed E-state index contributed by atoms with van der Waals surface area (Å²) < 4.78 is 6.14. The Morgan fingerprint density at radius 3 is 2.55 bits per heavy atom. The summed E-state index contributed by atoms with van der Waals surface area (Å²) in [7, 11) is 0. The first-order valence-electron chi connectivity index (χ1n) is 14.0. The average Bonchev–Trinajstić information content (AvgIpc) is 3.18. The van der Waals surface area contributed by atoms with Gasteiger partial charge in [0.05, 0.1) is 23.5 Å². The zero-order valence-corrected chi connectivity index (χ0v) is 24.3. The first-order valence-corrected chi connectivity index (χ1v) is 14.4. The summed E-state index contributed by atoms with van der Waals surface area (Å²) in [4.78, 5) is 6.95. The van der Waals surface area contributed by atoms with E-state index < -0.39 is 16.6 Å². The maximum Gasteiger partial charge on any atom is 0.131 e. The molecule has 1 saturated heterocycles. The number of hydrogen-bond acceptors (Lipinski definition) is 6. The number of ether oxygens (including phenoxy) is 1. The molecule has 0 saturated carbocycles. The van der Waals surface area contributed by atoms with E-state index in [1.807, 2.05) is 43.3 Å². The fraction of sp³-hybridized carbons (Fsp3) is 0.424. The van der Waals surface area contributed by atoms with Gasteiger partial charge in [0, 0.05) is 40.9 Å². The van der Waals surface area contributed by atoms with Gasteiger partial charge in [0.15, 0.2) is 0 Å². The molecule has 0 spiro atoms. The molecular formula is C33H39ClN2O4. The maximum atomic E-state index is 11.9. The van der Waals surface area contributed by atoms with E-state index in [0.29, 0.717) is 31.0 Å². The number of likely N-dealkylation sites (tertiary alicyclic amines) is 1. The Balaban J connectivity index is 1.41. The number of pyridine rings is 1. The summed E-state index contributed by atoms with van der Waals surface area (Å²) in [5.41, 5.74) is 2.73. The topological polar surface area (TPSA) is 86.1 Å². The molecule has 1 aromatic heterocycles. The highest BCUT2D eigenvalue weighted by molar-refractivity contribution is 6.30. The molecule has 3 N–H and O–H groups in total. The first kappa shape index (κ1) is 28.8. The number of aliphatic hydroxyl groups is 3. The molecule has 1 fully saturated rings. The van der Waals surface area contributed by atoms with E-state index in [2.05, 4.69) is 22.0 Å². The summed E-state index contributed by atoms with van der Waals surface area (Å²) in [5.74, 6) is 0.777. The maximum absolute atomic E-state index is 11.9. The largest absolute Gasteiger partial charge is 0.487 e. The van der Waals surface area contributed by atoms with E-state index in [9.17, 15) is 15.3 Å². The lowest BCUT2D eigenvalue weighted by atomic mass is 9.67. The molecule has 2 atom stereocenters. The first-order chi connectivity index (χ1) is 19.0. The van der Waals surface area contributed by atoms with Gasteiger partial charge < -0.3 is 25.0 Å². The number of halogens is 1. The molecule has 0 bridgehead atoms. The van der Waals surface area contributed by atoms with Crippen LogP contribution in [0.3, 0.4) is 0 Å². The van der Waals surface area contributed by atoms with Gasteiger partial charge in [-0.2, -0.15) is 0 Å². The Morgan fingerprint density at radius 1 is 1.07 bits per heavy atom. The van der Waals surface area contributed by atoms with Gasteiger partial charge in [-0.1, -0.05) is 48.9 Å². The van der Waals surface area contributed by atoms with Crippen molar-refractivity contribution in [3.05, 3.63) is 99.8 Å². The lowest BCUT2D eigenvalue weighted by Gasteiger charge is -2.43. The predicted octanol–water partition coefficient (Wildman–Crippen LogP) is 5.66. The summed E-state index contributed by atoms with van der Waals surface area (Å²) in [6.45, 7) is 8.12. The minimum Gasteiger partial charge on any atom is -0.487 e. The molecule has 0 aliphatic carbocycles. The van der Waals surface area contributed by atoms with Crippen LogP contribution in [0.15, 0.2) is 66.9 Å². The molecule has 6 nitrogen and oxygen atoms in total. The summed E-state index contributed by atoms with van der Waals surface area (Å²) >= 11 is 6.11. The van der Waals surface area contributed by atoms with Crippen molar-refractivity contribution in [2.75, 3.05) is 26.2 Å². The van der Waals surface area contributed by atoms with Crippen molar-refractivity contribution in [2.24, 2.45) is 5.41 Å². The van der Waals surface area contributed by atoms with Gasteiger partial charge in [-0.3, -0.25) is 4.98 Å². The van der Waals surface area contributed by atoms with Crippen LogP contribution in [0.2, 0.25) is 5.02 Å².